The number of anilines is 1. The zero-order valence-corrected chi connectivity index (χ0v) is 12.4. The van der Waals surface area contributed by atoms with E-state index in [0.29, 0.717) is 11.8 Å². The van der Waals surface area contributed by atoms with Gasteiger partial charge in [0.15, 0.2) is 0 Å². The molecule has 1 rings (SSSR count). The average Bonchev–Trinajstić information content (AvgIpc) is 2.36. The Morgan fingerprint density at radius 1 is 1.44 bits per heavy atom. The van der Waals surface area contributed by atoms with Crippen molar-refractivity contribution in [2.24, 2.45) is 0 Å². The molecule has 1 aromatic rings. The highest BCUT2D eigenvalue weighted by Crippen LogP contribution is 2.17. The molecular formula is C14H22N2OS. The van der Waals surface area contributed by atoms with E-state index >= 15 is 0 Å². The molecule has 0 heterocycles. The van der Waals surface area contributed by atoms with E-state index < -0.39 is 0 Å². The maximum absolute atomic E-state index is 12.1. The second kappa shape index (κ2) is 7.31. The van der Waals surface area contributed by atoms with Crippen LogP contribution in [0.3, 0.4) is 0 Å². The van der Waals surface area contributed by atoms with E-state index in [1.807, 2.05) is 38.3 Å². The summed E-state index contributed by atoms with van der Waals surface area (Å²) in [4.78, 5) is 12.1. The zero-order chi connectivity index (χ0) is 13.5. The summed E-state index contributed by atoms with van der Waals surface area (Å²) < 4.78 is 0. The first-order valence-corrected chi connectivity index (χ1v) is 7.52. The maximum Gasteiger partial charge on any atom is 0.253 e. The quantitative estimate of drug-likeness (QED) is 0.832. The number of aryl methyl sites for hydroxylation is 1. The van der Waals surface area contributed by atoms with Crippen LogP contribution >= 0.6 is 11.8 Å². The molecule has 0 saturated carbocycles. The molecule has 1 aromatic carbocycles. The number of hydrogen-bond acceptors (Lipinski definition) is 3. The van der Waals surface area contributed by atoms with E-state index in [0.717, 1.165) is 23.4 Å². The summed E-state index contributed by atoms with van der Waals surface area (Å²) in [6.07, 6.45) is 2.05. The standard InChI is InChI=1S/C14H22N2OS/c1-5-15-13-8-10(2)6-7-12(13)14(17)16-9-11(3)18-4/h6-8,11,15H,5,9H2,1-4H3,(H,16,17). The highest BCUT2D eigenvalue weighted by atomic mass is 32.2. The molecule has 0 aliphatic heterocycles. The van der Waals surface area contributed by atoms with E-state index in [1.165, 1.54) is 0 Å². The van der Waals surface area contributed by atoms with Gasteiger partial charge in [0, 0.05) is 24.0 Å². The van der Waals surface area contributed by atoms with Crippen molar-refractivity contribution in [2.45, 2.75) is 26.0 Å². The van der Waals surface area contributed by atoms with Crippen molar-refractivity contribution in [1.29, 1.82) is 0 Å². The predicted molar refractivity (Wildman–Crippen MR) is 80.7 cm³/mol. The summed E-state index contributed by atoms with van der Waals surface area (Å²) in [6, 6.07) is 5.86. The van der Waals surface area contributed by atoms with Crippen LogP contribution in [0.15, 0.2) is 18.2 Å². The Kier molecular flexibility index (Phi) is 6.05. The van der Waals surface area contributed by atoms with Crippen LogP contribution in [-0.4, -0.2) is 30.5 Å². The smallest absolute Gasteiger partial charge is 0.253 e. The normalized spacial score (nSPS) is 12.0. The molecule has 4 heteroatoms. The molecule has 0 aromatic heterocycles. The van der Waals surface area contributed by atoms with Crippen molar-refractivity contribution in [3.05, 3.63) is 29.3 Å². The van der Waals surface area contributed by atoms with Gasteiger partial charge in [-0.05, 0) is 37.8 Å². The molecule has 18 heavy (non-hydrogen) atoms. The van der Waals surface area contributed by atoms with E-state index in [1.54, 1.807) is 11.8 Å². The van der Waals surface area contributed by atoms with Gasteiger partial charge in [-0.25, -0.2) is 0 Å². The Bertz CT molecular complexity index is 407. The van der Waals surface area contributed by atoms with E-state index in [2.05, 4.69) is 17.6 Å². The summed E-state index contributed by atoms with van der Waals surface area (Å²) in [6.45, 7) is 7.66. The molecule has 1 atom stereocenters. The second-order valence-electron chi connectivity index (χ2n) is 4.34. The summed E-state index contributed by atoms with van der Waals surface area (Å²) >= 11 is 1.75. The van der Waals surface area contributed by atoms with Gasteiger partial charge in [-0.2, -0.15) is 11.8 Å². The van der Waals surface area contributed by atoms with Gasteiger partial charge in [0.25, 0.3) is 5.91 Å². The molecular weight excluding hydrogens is 244 g/mol. The number of carbonyl (C=O) groups excluding carboxylic acids is 1. The monoisotopic (exact) mass is 266 g/mol. The minimum absolute atomic E-state index is 0.00755. The summed E-state index contributed by atoms with van der Waals surface area (Å²) in [7, 11) is 0. The minimum Gasteiger partial charge on any atom is -0.385 e. The lowest BCUT2D eigenvalue weighted by molar-refractivity contribution is 0.0955. The number of thioether (sulfide) groups is 1. The summed E-state index contributed by atoms with van der Waals surface area (Å²) in [5.41, 5.74) is 2.78. The van der Waals surface area contributed by atoms with Gasteiger partial charge < -0.3 is 10.6 Å². The molecule has 2 N–H and O–H groups in total. The van der Waals surface area contributed by atoms with Gasteiger partial charge in [-0.1, -0.05) is 13.0 Å². The second-order valence-corrected chi connectivity index (χ2v) is 5.61. The number of nitrogens with one attached hydrogen (secondary N) is 2. The fraction of sp³-hybridized carbons (Fsp3) is 0.500. The zero-order valence-electron chi connectivity index (χ0n) is 11.5. The summed E-state index contributed by atoms with van der Waals surface area (Å²) in [5.74, 6) is -0.00755. The van der Waals surface area contributed by atoms with Crippen LogP contribution in [0.1, 0.15) is 29.8 Å². The fourth-order valence-electron chi connectivity index (χ4n) is 1.61. The largest absolute Gasteiger partial charge is 0.385 e. The topological polar surface area (TPSA) is 41.1 Å². The van der Waals surface area contributed by atoms with Gasteiger partial charge in [-0.3, -0.25) is 4.79 Å². The third kappa shape index (κ3) is 4.26. The third-order valence-corrected chi connectivity index (χ3v) is 3.71. The average molecular weight is 266 g/mol. The molecule has 0 aliphatic carbocycles. The Balaban J connectivity index is 2.78. The number of rotatable bonds is 6. The van der Waals surface area contributed by atoms with Crippen molar-refractivity contribution in [3.63, 3.8) is 0 Å². The molecule has 0 fully saturated rings. The lowest BCUT2D eigenvalue weighted by Gasteiger charge is -2.14. The summed E-state index contributed by atoms with van der Waals surface area (Å²) in [5, 5.41) is 6.63. The van der Waals surface area contributed by atoms with Gasteiger partial charge in [0.1, 0.15) is 0 Å². The maximum atomic E-state index is 12.1. The molecule has 1 unspecified atom stereocenters. The lowest BCUT2D eigenvalue weighted by Crippen LogP contribution is -2.30. The van der Waals surface area contributed by atoms with Gasteiger partial charge in [0.2, 0.25) is 0 Å². The molecule has 0 spiro atoms. The molecule has 0 radical (unpaired) electrons. The fourth-order valence-corrected chi connectivity index (χ4v) is 1.86. The number of amides is 1. The Hall–Kier alpha value is -1.16. The SMILES string of the molecule is CCNc1cc(C)ccc1C(=O)NCC(C)SC. The van der Waals surface area contributed by atoms with Gasteiger partial charge in [-0.15, -0.1) is 0 Å². The molecule has 0 aliphatic rings. The van der Waals surface area contributed by atoms with Crippen LogP contribution in [0.2, 0.25) is 0 Å². The van der Waals surface area contributed by atoms with Crippen LogP contribution in [0, 0.1) is 6.92 Å². The third-order valence-electron chi connectivity index (χ3n) is 2.74. The predicted octanol–water partition coefficient (Wildman–Crippen LogP) is 2.91. The first-order chi connectivity index (χ1) is 8.58. The lowest BCUT2D eigenvalue weighted by atomic mass is 10.1. The Labute approximate surface area is 114 Å². The Morgan fingerprint density at radius 3 is 2.78 bits per heavy atom. The molecule has 3 nitrogen and oxygen atoms in total. The molecule has 100 valence electrons. The van der Waals surface area contributed by atoms with E-state index in [-0.39, 0.29) is 5.91 Å². The highest BCUT2D eigenvalue weighted by Gasteiger charge is 2.11. The van der Waals surface area contributed by atoms with Crippen molar-refractivity contribution >= 4 is 23.4 Å². The van der Waals surface area contributed by atoms with Gasteiger partial charge in [0.05, 0.1) is 5.56 Å². The molecule has 0 bridgehead atoms. The minimum atomic E-state index is -0.00755. The van der Waals surface area contributed by atoms with Gasteiger partial charge >= 0.3 is 0 Å². The first kappa shape index (κ1) is 14.9. The van der Waals surface area contributed by atoms with E-state index in [4.69, 9.17) is 0 Å². The number of hydrogen-bond donors (Lipinski definition) is 2. The van der Waals surface area contributed by atoms with Crippen molar-refractivity contribution in [2.75, 3.05) is 24.7 Å². The molecule has 0 saturated heterocycles. The van der Waals surface area contributed by atoms with Crippen molar-refractivity contribution < 1.29 is 4.79 Å². The Morgan fingerprint density at radius 2 is 2.17 bits per heavy atom. The molecule has 1 amide bonds. The van der Waals surface area contributed by atoms with Crippen LogP contribution in [0.5, 0.6) is 0 Å². The highest BCUT2D eigenvalue weighted by molar-refractivity contribution is 7.99. The van der Waals surface area contributed by atoms with Crippen LogP contribution in [0.4, 0.5) is 5.69 Å². The van der Waals surface area contributed by atoms with Crippen LogP contribution < -0.4 is 10.6 Å². The van der Waals surface area contributed by atoms with Crippen LogP contribution in [-0.2, 0) is 0 Å². The number of carbonyl (C=O) groups is 1. The number of benzene rings is 1. The van der Waals surface area contributed by atoms with Crippen molar-refractivity contribution in [1.82, 2.24) is 5.32 Å². The van der Waals surface area contributed by atoms with Crippen LogP contribution in [0.25, 0.3) is 0 Å². The van der Waals surface area contributed by atoms with E-state index in [9.17, 15) is 4.79 Å². The van der Waals surface area contributed by atoms with Crippen molar-refractivity contribution in [3.8, 4) is 0 Å². The first-order valence-electron chi connectivity index (χ1n) is 6.24.